The largest absolute Gasteiger partial charge is 0.488 e. The van der Waals surface area contributed by atoms with Crippen molar-refractivity contribution in [2.24, 2.45) is 0 Å². The number of hydrogen-bond donors (Lipinski definition) is 1. The Labute approximate surface area is 131 Å². The molecule has 1 aromatic rings. The minimum atomic E-state index is -1.02. The van der Waals surface area contributed by atoms with Gasteiger partial charge in [-0.05, 0) is 30.7 Å². The first-order valence-corrected chi connectivity index (χ1v) is 7.44. The van der Waals surface area contributed by atoms with Crippen LogP contribution in [0.25, 0.3) is 6.08 Å². The zero-order valence-electron chi connectivity index (χ0n) is 11.6. The van der Waals surface area contributed by atoms with Gasteiger partial charge in [0.25, 0.3) is 5.91 Å². The molecule has 1 amide bonds. The highest BCUT2D eigenvalue weighted by Gasteiger charge is 2.23. The van der Waals surface area contributed by atoms with Gasteiger partial charge in [0, 0.05) is 16.6 Å². The molecule has 0 unspecified atom stereocenters. The first-order chi connectivity index (χ1) is 10.0. The summed E-state index contributed by atoms with van der Waals surface area (Å²) < 4.78 is 6.46. The van der Waals surface area contributed by atoms with Crippen LogP contribution in [0.2, 0.25) is 0 Å². The molecule has 21 heavy (non-hydrogen) atoms. The number of nitrogens with zero attached hydrogens (tertiary/aromatic N) is 1. The fourth-order valence-corrected chi connectivity index (χ4v) is 2.54. The second-order valence-corrected chi connectivity index (χ2v) is 5.68. The van der Waals surface area contributed by atoms with Gasteiger partial charge in [-0.1, -0.05) is 22.9 Å². The van der Waals surface area contributed by atoms with E-state index in [0.29, 0.717) is 18.5 Å². The van der Waals surface area contributed by atoms with Crippen LogP contribution in [0.1, 0.15) is 18.9 Å². The van der Waals surface area contributed by atoms with Gasteiger partial charge in [-0.25, -0.2) is 0 Å². The van der Waals surface area contributed by atoms with Crippen molar-refractivity contribution < 1.29 is 19.4 Å². The number of carboxylic acids is 1. The van der Waals surface area contributed by atoms with Crippen molar-refractivity contribution in [3.63, 3.8) is 0 Å². The molecule has 0 radical (unpaired) electrons. The van der Waals surface area contributed by atoms with Crippen molar-refractivity contribution >= 4 is 33.9 Å². The van der Waals surface area contributed by atoms with E-state index in [2.05, 4.69) is 15.9 Å². The number of carbonyl (C=O) groups excluding carboxylic acids is 1. The summed E-state index contributed by atoms with van der Waals surface area (Å²) in [4.78, 5) is 24.6. The molecule has 1 aromatic carbocycles. The molecule has 0 aliphatic carbocycles. The van der Waals surface area contributed by atoms with Gasteiger partial charge in [0.1, 0.15) is 18.9 Å². The molecule has 1 aliphatic rings. The number of ether oxygens (including phenoxy) is 1. The number of rotatable bonds is 5. The maximum absolute atomic E-state index is 12.4. The van der Waals surface area contributed by atoms with E-state index in [1.807, 2.05) is 25.1 Å². The maximum atomic E-state index is 12.4. The summed E-state index contributed by atoms with van der Waals surface area (Å²) in [5, 5.41) is 8.90. The summed E-state index contributed by atoms with van der Waals surface area (Å²) >= 11 is 3.38. The standard InChI is InChI=1S/C15H16BrNO4/c1-2-5-17(8-14(18)19)15(20)11-6-10-7-12(16)3-4-13(10)21-9-11/h3-4,6-7H,2,5,8-9H2,1H3,(H,18,19). The number of fused-ring (bicyclic) bond motifs is 1. The van der Waals surface area contributed by atoms with Crippen LogP contribution in [-0.2, 0) is 9.59 Å². The quantitative estimate of drug-likeness (QED) is 0.883. The smallest absolute Gasteiger partial charge is 0.323 e. The van der Waals surface area contributed by atoms with Crippen LogP contribution >= 0.6 is 15.9 Å². The fourth-order valence-electron chi connectivity index (χ4n) is 2.16. The topological polar surface area (TPSA) is 66.8 Å². The van der Waals surface area contributed by atoms with E-state index < -0.39 is 5.97 Å². The highest BCUT2D eigenvalue weighted by atomic mass is 79.9. The summed E-state index contributed by atoms with van der Waals surface area (Å²) in [5.74, 6) is -0.586. The third-order valence-corrected chi connectivity index (χ3v) is 3.56. The Balaban J connectivity index is 2.24. The summed E-state index contributed by atoms with van der Waals surface area (Å²) in [7, 11) is 0. The van der Waals surface area contributed by atoms with E-state index in [0.717, 1.165) is 15.8 Å². The van der Waals surface area contributed by atoms with E-state index in [1.165, 1.54) is 4.90 Å². The number of halogens is 1. The SMILES string of the molecule is CCCN(CC(=O)O)C(=O)C1=Cc2cc(Br)ccc2OC1. The second kappa shape index (κ2) is 6.76. The van der Waals surface area contributed by atoms with Gasteiger partial charge in [-0.3, -0.25) is 9.59 Å². The molecule has 0 aromatic heterocycles. The number of hydrogen-bond acceptors (Lipinski definition) is 3. The van der Waals surface area contributed by atoms with Crippen molar-refractivity contribution in [3.8, 4) is 5.75 Å². The van der Waals surface area contributed by atoms with Crippen LogP contribution in [0.5, 0.6) is 5.75 Å². The molecule has 0 atom stereocenters. The average Bonchev–Trinajstić information content (AvgIpc) is 2.44. The Bertz CT molecular complexity index is 597. The van der Waals surface area contributed by atoms with Crippen molar-refractivity contribution in [2.45, 2.75) is 13.3 Å². The molecule has 5 nitrogen and oxygen atoms in total. The Hall–Kier alpha value is -1.82. The van der Waals surface area contributed by atoms with Crippen LogP contribution in [0.4, 0.5) is 0 Å². The summed E-state index contributed by atoms with van der Waals surface area (Å²) in [6.07, 6.45) is 2.46. The van der Waals surface area contributed by atoms with Crippen LogP contribution in [-0.4, -0.2) is 41.6 Å². The summed E-state index contributed by atoms with van der Waals surface area (Å²) in [5.41, 5.74) is 1.28. The van der Waals surface area contributed by atoms with Gasteiger partial charge in [-0.15, -0.1) is 0 Å². The van der Waals surface area contributed by atoms with E-state index in [1.54, 1.807) is 6.08 Å². The molecular weight excluding hydrogens is 338 g/mol. The number of carboxylic acid groups (broad SMARTS) is 1. The third kappa shape index (κ3) is 3.85. The molecule has 2 rings (SSSR count). The predicted molar refractivity (Wildman–Crippen MR) is 82.1 cm³/mol. The van der Waals surface area contributed by atoms with Crippen LogP contribution < -0.4 is 4.74 Å². The highest BCUT2D eigenvalue weighted by Crippen LogP contribution is 2.29. The van der Waals surface area contributed by atoms with Crippen LogP contribution in [0, 0.1) is 0 Å². The molecular formula is C15H16BrNO4. The third-order valence-electron chi connectivity index (χ3n) is 3.07. The Morgan fingerprint density at radius 3 is 2.86 bits per heavy atom. The van der Waals surface area contributed by atoms with Crippen LogP contribution in [0.15, 0.2) is 28.2 Å². The molecule has 1 heterocycles. The fraction of sp³-hybridized carbons (Fsp3) is 0.333. The number of benzene rings is 1. The van der Waals surface area contributed by atoms with Crippen LogP contribution in [0.3, 0.4) is 0 Å². The lowest BCUT2D eigenvalue weighted by Gasteiger charge is -2.24. The lowest BCUT2D eigenvalue weighted by molar-refractivity contribution is -0.143. The number of aliphatic carboxylic acids is 1. The molecule has 1 N–H and O–H groups in total. The van der Waals surface area contributed by atoms with Crippen molar-refractivity contribution in [1.82, 2.24) is 4.90 Å². The lowest BCUT2D eigenvalue weighted by atomic mass is 10.1. The number of amides is 1. The van der Waals surface area contributed by atoms with Gasteiger partial charge in [-0.2, -0.15) is 0 Å². The van der Waals surface area contributed by atoms with E-state index in [-0.39, 0.29) is 19.1 Å². The summed E-state index contributed by atoms with van der Waals surface area (Å²) in [6.45, 7) is 2.18. The Morgan fingerprint density at radius 1 is 1.43 bits per heavy atom. The first-order valence-electron chi connectivity index (χ1n) is 6.65. The van der Waals surface area contributed by atoms with Gasteiger partial charge in [0.2, 0.25) is 0 Å². The Kier molecular flexibility index (Phi) is 5.01. The molecule has 0 bridgehead atoms. The zero-order chi connectivity index (χ0) is 15.4. The number of carbonyl (C=O) groups is 2. The van der Waals surface area contributed by atoms with Crippen molar-refractivity contribution in [3.05, 3.63) is 33.8 Å². The monoisotopic (exact) mass is 353 g/mol. The Morgan fingerprint density at radius 2 is 2.19 bits per heavy atom. The molecule has 0 saturated heterocycles. The highest BCUT2D eigenvalue weighted by molar-refractivity contribution is 9.10. The molecule has 112 valence electrons. The van der Waals surface area contributed by atoms with Gasteiger partial charge < -0.3 is 14.7 Å². The predicted octanol–water partition coefficient (Wildman–Crippen LogP) is 2.55. The van der Waals surface area contributed by atoms with Gasteiger partial charge >= 0.3 is 5.97 Å². The van der Waals surface area contributed by atoms with E-state index >= 15 is 0 Å². The first kappa shape index (κ1) is 15.6. The van der Waals surface area contributed by atoms with Crippen molar-refractivity contribution in [1.29, 1.82) is 0 Å². The molecule has 0 fully saturated rings. The molecule has 0 spiro atoms. The average molecular weight is 354 g/mol. The van der Waals surface area contributed by atoms with E-state index in [4.69, 9.17) is 9.84 Å². The molecule has 1 aliphatic heterocycles. The zero-order valence-corrected chi connectivity index (χ0v) is 13.2. The molecule has 0 saturated carbocycles. The minimum absolute atomic E-state index is 0.160. The van der Waals surface area contributed by atoms with E-state index in [9.17, 15) is 9.59 Å². The maximum Gasteiger partial charge on any atom is 0.323 e. The summed E-state index contributed by atoms with van der Waals surface area (Å²) in [6, 6.07) is 5.56. The lowest BCUT2D eigenvalue weighted by Crippen LogP contribution is -2.38. The molecule has 6 heteroatoms. The second-order valence-electron chi connectivity index (χ2n) is 4.76. The van der Waals surface area contributed by atoms with Gasteiger partial charge in [0.05, 0.1) is 5.57 Å². The minimum Gasteiger partial charge on any atom is -0.488 e. The van der Waals surface area contributed by atoms with Crippen molar-refractivity contribution in [2.75, 3.05) is 19.7 Å². The normalized spacial score (nSPS) is 13.0. The van der Waals surface area contributed by atoms with Gasteiger partial charge in [0.15, 0.2) is 0 Å².